The summed E-state index contributed by atoms with van der Waals surface area (Å²) in [6.45, 7) is 0.194. The Hall–Kier alpha value is 0.160. The molecule has 19 heavy (non-hydrogen) atoms. The molecule has 0 amide bonds. The number of hydrogen-bond acceptors (Lipinski definition) is 9. The molecular formula is C8H15AuO9Se. The summed E-state index contributed by atoms with van der Waals surface area (Å²) in [4.78, 5) is 26.2. The fraction of sp³-hybridized carbons (Fsp3) is 0.750. The summed E-state index contributed by atoms with van der Waals surface area (Å²) in [5.74, 6) is -0.787. The molecule has 0 aliphatic heterocycles. The van der Waals surface area contributed by atoms with Crippen LogP contribution in [0.1, 0.15) is 6.92 Å². The van der Waals surface area contributed by atoms with Gasteiger partial charge in [0.1, 0.15) is 0 Å². The maximum atomic E-state index is 11.6. The molecule has 0 unspecified atom stereocenters. The van der Waals surface area contributed by atoms with Crippen molar-refractivity contribution in [1.82, 2.24) is 0 Å². The van der Waals surface area contributed by atoms with Gasteiger partial charge in [0.15, 0.2) is 0 Å². The fourth-order valence-electron chi connectivity index (χ4n) is 0.804. The molecule has 0 saturated carbocycles. The van der Waals surface area contributed by atoms with Gasteiger partial charge in [-0.15, -0.1) is 0 Å². The van der Waals surface area contributed by atoms with E-state index in [2.05, 4.69) is 8.28 Å². The zero-order valence-corrected chi connectivity index (χ0v) is 13.7. The zero-order valence-electron chi connectivity index (χ0n) is 9.63. The van der Waals surface area contributed by atoms with Crippen molar-refractivity contribution in [2.75, 3.05) is 6.61 Å². The van der Waals surface area contributed by atoms with Crippen molar-refractivity contribution in [3.63, 3.8) is 0 Å². The minimum absolute atomic E-state index is 0.787. The summed E-state index contributed by atoms with van der Waals surface area (Å²) < 4.78 is 3.51. The molecule has 0 bridgehead atoms. The van der Waals surface area contributed by atoms with Crippen molar-refractivity contribution in [2.45, 2.75) is 31.3 Å². The molecule has 0 aromatic rings. The molecule has 11 heteroatoms. The van der Waals surface area contributed by atoms with Crippen LogP contribution in [0.5, 0.6) is 0 Å². The summed E-state index contributed by atoms with van der Waals surface area (Å²) in [6.07, 6.45) is -7.65. The molecule has 5 N–H and O–H groups in total. The summed E-state index contributed by atoms with van der Waals surface area (Å²) in [5.41, 5.74) is 0. The van der Waals surface area contributed by atoms with Gasteiger partial charge in [0.2, 0.25) is 0 Å². The van der Waals surface area contributed by atoms with Gasteiger partial charge in [-0.3, -0.25) is 0 Å². The maximum absolute atomic E-state index is 11.6. The molecule has 0 spiro atoms. The predicted molar refractivity (Wildman–Crippen MR) is 56.1 cm³/mol. The number of rotatable bonds is 8. The molecule has 0 rings (SSSR count). The van der Waals surface area contributed by atoms with E-state index < -0.39 is 57.7 Å². The number of aliphatic hydroxyl groups is 5. The predicted octanol–water partition coefficient (Wildman–Crippen LogP) is -4.21. The third-order valence-electron chi connectivity index (χ3n) is 1.78. The van der Waals surface area contributed by atoms with Crippen molar-refractivity contribution < 1.29 is 60.1 Å². The van der Waals surface area contributed by atoms with E-state index in [1.807, 2.05) is 0 Å². The average Bonchev–Trinajstić information content (AvgIpc) is 2.40. The Balaban J connectivity index is 4.49. The first kappa shape index (κ1) is 19.2. The molecule has 0 radical (unpaired) electrons. The monoisotopic (exact) mass is 532 g/mol. The van der Waals surface area contributed by atoms with Crippen LogP contribution in [0, 0.1) is 0 Å². The van der Waals surface area contributed by atoms with Gasteiger partial charge in [0.25, 0.3) is 0 Å². The van der Waals surface area contributed by atoms with E-state index in [9.17, 15) is 24.9 Å². The Morgan fingerprint density at radius 3 is 2.16 bits per heavy atom. The fourth-order valence-corrected chi connectivity index (χ4v) is 4.08. The van der Waals surface area contributed by atoms with Crippen molar-refractivity contribution in [1.29, 1.82) is 0 Å². The van der Waals surface area contributed by atoms with Crippen LogP contribution in [0.4, 0.5) is 0 Å². The molecule has 0 aromatic carbocycles. The van der Waals surface area contributed by atoms with Crippen molar-refractivity contribution >= 4 is 23.1 Å². The zero-order chi connectivity index (χ0) is 15.2. The van der Waals surface area contributed by atoms with Crippen molar-refractivity contribution in [2.24, 2.45) is 0 Å². The SMILES string of the molecule is CC(=O)O[O][Au]([SeH])[C](=O)[C@@H](O)[C@@H](O)[C@H](O)[C@H](O)CO. The first-order chi connectivity index (χ1) is 8.72. The second-order valence-corrected chi connectivity index (χ2v) is 10.2. The molecular weight excluding hydrogens is 516 g/mol. The topological polar surface area (TPSA) is 154 Å². The van der Waals surface area contributed by atoms with E-state index >= 15 is 0 Å². The van der Waals surface area contributed by atoms with E-state index in [-0.39, 0.29) is 0 Å². The van der Waals surface area contributed by atoms with Gasteiger partial charge in [-0.1, -0.05) is 0 Å². The van der Waals surface area contributed by atoms with Crippen LogP contribution in [0.25, 0.3) is 0 Å². The third-order valence-corrected chi connectivity index (χ3v) is 6.91. The first-order valence-electron chi connectivity index (χ1n) is 4.73. The summed E-state index contributed by atoms with van der Waals surface area (Å²) in [6, 6.07) is 0. The Morgan fingerprint density at radius 2 is 1.74 bits per heavy atom. The number of hydrogen-bond donors (Lipinski definition) is 5. The molecule has 9 nitrogen and oxygen atoms in total. The molecule has 118 valence electrons. The van der Waals surface area contributed by atoms with Gasteiger partial charge in [-0.05, 0) is 0 Å². The van der Waals surface area contributed by atoms with E-state index in [1.165, 1.54) is 0 Å². The second kappa shape index (κ2) is 9.16. The second-order valence-electron chi connectivity index (χ2n) is 3.25. The number of carbonyl (C=O) groups excluding carboxylic acids is 2. The molecule has 0 fully saturated rings. The molecule has 0 saturated heterocycles. The van der Waals surface area contributed by atoms with Crippen LogP contribution < -0.4 is 0 Å². The van der Waals surface area contributed by atoms with Gasteiger partial charge in [0, 0.05) is 0 Å². The molecule has 0 aliphatic carbocycles. The normalized spacial score (nSPS) is 18.2. The van der Waals surface area contributed by atoms with Gasteiger partial charge in [-0.25, -0.2) is 0 Å². The molecule has 4 atom stereocenters. The van der Waals surface area contributed by atoms with Crippen LogP contribution in [0.15, 0.2) is 0 Å². The molecule has 0 heterocycles. The Kier molecular flexibility index (Phi) is 9.24. The van der Waals surface area contributed by atoms with Gasteiger partial charge in [0.05, 0.1) is 0 Å². The van der Waals surface area contributed by atoms with Crippen LogP contribution in [-0.4, -0.2) is 79.6 Å². The Morgan fingerprint density at radius 1 is 1.21 bits per heavy atom. The van der Waals surface area contributed by atoms with E-state index in [1.54, 1.807) is 13.1 Å². The summed E-state index contributed by atoms with van der Waals surface area (Å²) in [7, 11) is 0. The third kappa shape index (κ3) is 6.43. The van der Waals surface area contributed by atoms with Crippen LogP contribution >= 0.6 is 0 Å². The quantitative estimate of drug-likeness (QED) is 0.119. The number of aliphatic hydroxyl groups excluding tert-OH is 5. The van der Waals surface area contributed by atoms with E-state index in [0.717, 1.165) is 6.92 Å². The van der Waals surface area contributed by atoms with Crippen molar-refractivity contribution in [3.8, 4) is 0 Å². The minimum atomic E-state index is -2.95. The molecule has 0 aromatic heterocycles. The number of carbonyl (C=O) groups is 2. The van der Waals surface area contributed by atoms with Gasteiger partial charge >= 0.3 is 121 Å². The van der Waals surface area contributed by atoms with Gasteiger partial charge in [-0.2, -0.15) is 0 Å². The van der Waals surface area contributed by atoms with Crippen LogP contribution in [0.2, 0.25) is 0 Å². The van der Waals surface area contributed by atoms with Crippen LogP contribution in [-0.2, 0) is 34.6 Å². The van der Waals surface area contributed by atoms with Crippen LogP contribution in [0.3, 0.4) is 0 Å². The molecule has 0 aliphatic rings. The summed E-state index contributed by atoms with van der Waals surface area (Å²) in [5, 5.41) is 45.9. The van der Waals surface area contributed by atoms with Gasteiger partial charge < -0.3 is 0 Å². The average molecular weight is 531 g/mol. The standard InChI is InChI=1S/C6H11O6.C2H4O3.Au.H2Se/c7-1-3(9)5(11)6(12)4(10)2-8;1-2(3)5-4;;/h3-7,9-12H,1H2;4H,1H3;;1H2/q;;+2;/p-2/t3-,4-,5-,6-;;;/m1.../s1. The first-order valence-corrected chi connectivity index (χ1v) is 12.3. The Bertz CT molecular complexity index is 315. The Labute approximate surface area is 121 Å². The summed E-state index contributed by atoms with van der Waals surface area (Å²) >= 11 is -1.16. The van der Waals surface area contributed by atoms with Crippen molar-refractivity contribution in [3.05, 3.63) is 0 Å². The van der Waals surface area contributed by atoms with E-state index in [0.29, 0.717) is 0 Å². The van der Waals surface area contributed by atoms with E-state index in [4.69, 9.17) is 10.2 Å².